The largest absolute Gasteiger partial charge is 0.493 e. The number of carboxylic acids is 2. The molecule has 0 aliphatic rings. The number of halogens is 1. The molecule has 170 valence electrons. The third-order valence-electron chi connectivity index (χ3n) is 4.22. The van der Waals surface area contributed by atoms with Gasteiger partial charge < -0.3 is 30.3 Å². The van der Waals surface area contributed by atoms with Crippen molar-refractivity contribution < 1.29 is 38.9 Å². The Morgan fingerprint density at radius 2 is 1.28 bits per heavy atom. The Bertz CT molecular complexity index is 1060. The van der Waals surface area contributed by atoms with Gasteiger partial charge in [-0.1, -0.05) is 23.7 Å². The second-order valence-electron chi connectivity index (χ2n) is 6.65. The molecule has 0 radical (unpaired) electrons. The van der Waals surface area contributed by atoms with Gasteiger partial charge in [0.2, 0.25) is 11.8 Å². The molecule has 0 fully saturated rings. The lowest BCUT2D eigenvalue weighted by Crippen LogP contribution is -2.32. The number of methoxy groups -OCH3 is 1. The zero-order valence-corrected chi connectivity index (χ0v) is 18.1. The minimum atomic E-state index is -1.31. The number of rotatable bonds is 9. The first-order chi connectivity index (χ1) is 15.0. The smallest absolute Gasteiger partial charge is 0.330 e. The zero-order valence-electron chi connectivity index (χ0n) is 17.3. The zero-order chi connectivity index (χ0) is 24.0. The fraction of sp³-hybridized carbons (Fsp3) is 0.238. The first kappa shape index (κ1) is 24.5. The first-order valence-electron chi connectivity index (χ1n) is 9.18. The van der Waals surface area contributed by atoms with Crippen LogP contribution >= 0.6 is 11.6 Å². The van der Waals surface area contributed by atoms with Gasteiger partial charge in [0.1, 0.15) is 5.75 Å². The molecule has 2 aromatic rings. The van der Waals surface area contributed by atoms with Crippen LogP contribution in [-0.4, -0.2) is 41.1 Å². The first-order valence-corrected chi connectivity index (χ1v) is 9.56. The van der Waals surface area contributed by atoms with Gasteiger partial charge in [-0.05, 0) is 35.4 Å². The molecule has 11 heteroatoms. The number of nitrogens with one attached hydrogen (secondary N) is 2. The molecule has 0 spiro atoms. The molecule has 2 atom stereocenters. The van der Waals surface area contributed by atoms with E-state index in [1.807, 2.05) is 0 Å². The number of carbonyl (C=O) groups excluding carboxylic acids is 2. The summed E-state index contributed by atoms with van der Waals surface area (Å²) < 4.78 is 11.0. The van der Waals surface area contributed by atoms with Gasteiger partial charge >= 0.3 is 11.9 Å². The molecule has 0 aliphatic heterocycles. The second kappa shape index (κ2) is 10.5. The van der Waals surface area contributed by atoms with Gasteiger partial charge in [0, 0.05) is 13.8 Å². The van der Waals surface area contributed by atoms with Crippen LogP contribution in [0.25, 0.3) is 0 Å². The van der Waals surface area contributed by atoms with E-state index in [9.17, 15) is 29.4 Å². The summed E-state index contributed by atoms with van der Waals surface area (Å²) in [4.78, 5) is 45.7. The highest BCUT2D eigenvalue weighted by Gasteiger charge is 2.24. The number of aliphatic carboxylic acids is 2. The number of carboxylic acid groups (broad SMARTS) is 2. The van der Waals surface area contributed by atoms with Gasteiger partial charge in [-0.25, -0.2) is 9.59 Å². The lowest BCUT2D eigenvalue weighted by atomic mass is 10.1. The average Bonchev–Trinajstić information content (AvgIpc) is 2.71. The predicted molar refractivity (Wildman–Crippen MR) is 113 cm³/mol. The summed E-state index contributed by atoms with van der Waals surface area (Å²) >= 11 is 6.26. The van der Waals surface area contributed by atoms with Gasteiger partial charge in [0.25, 0.3) is 0 Å². The van der Waals surface area contributed by atoms with E-state index >= 15 is 0 Å². The third kappa shape index (κ3) is 6.11. The van der Waals surface area contributed by atoms with Gasteiger partial charge in [0.15, 0.2) is 23.6 Å². The van der Waals surface area contributed by atoms with Crippen molar-refractivity contribution in [1.29, 1.82) is 0 Å². The second-order valence-corrected chi connectivity index (χ2v) is 7.05. The van der Waals surface area contributed by atoms with Gasteiger partial charge in [-0.3, -0.25) is 9.59 Å². The van der Waals surface area contributed by atoms with Crippen LogP contribution in [0.3, 0.4) is 0 Å². The number of carbonyl (C=O) groups is 4. The van der Waals surface area contributed by atoms with E-state index in [0.29, 0.717) is 0 Å². The number of hydrogen-bond acceptors (Lipinski definition) is 6. The number of ether oxygens (including phenoxy) is 2. The quantitative estimate of drug-likeness (QED) is 0.442. The molecule has 0 saturated carbocycles. The summed E-state index contributed by atoms with van der Waals surface area (Å²) in [5.74, 6) is -3.07. The van der Waals surface area contributed by atoms with Crippen LogP contribution in [0.15, 0.2) is 36.4 Å². The molecular formula is C21H21ClN2O8. The molecule has 2 unspecified atom stereocenters. The maximum Gasteiger partial charge on any atom is 0.330 e. The standard InChI is InChI=1S/C21H21ClN2O8/c1-10(25)23-18(20(27)28)12-4-6-15(14(22)8-12)32-17-9-13(5-7-16(17)31-3)19(21(29)30)24-11(2)26/h4-9,18-19H,1-3H3,(H,23,25)(H,24,26)(H,27,28)(H,29,30). The molecule has 32 heavy (non-hydrogen) atoms. The fourth-order valence-electron chi connectivity index (χ4n) is 2.83. The Labute approximate surface area is 188 Å². The Kier molecular flexibility index (Phi) is 8.03. The van der Waals surface area contributed by atoms with Crippen molar-refractivity contribution in [3.8, 4) is 17.2 Å². The Balaban J connectivity index is 2.41. The van der Waals surface area contributed by atoms with E-state index in [4.69, 9.17) is 21.1 Å². The van der Waals surface area contributed by atoms with E-state index in [0.717, 1.165) is 0 Å². The van der Waals surface area contributed by atoms with Crippen LogP contribution in [0.5, 0.6) is 17.2 Å². The lowest BCUT2D eigenvalue weighted by Gasteiger charge is -2.18. The normalized spacial score (nSPS) is 12.2. The number of benzene rings is 2. The lowest BCUT2D eigenvalue weighted by molar-refractivity contribution is -0.142. The summed E-state index contributed by atoms with van der Waals surface area (Å²) in [5.41, 5.74) is 0.454. The molecule has 2 amide bonds. The molecule has 2 aromatic carbocycles. The van der Waals surface area contributed by atoms with Crippen molar-refractivity contribution in [3.63, 3.8) is 0 Å². The molecular weight excluding hydrogens is 444 g/mol. The molecule has 0 aromatic heterocycles. The minimum absolute atomic E-state index is 0.0446. The minimum Gasteiger partial charge on any atom is -0.493 e. The Morgan fingerprint density at radius 3 is 1.69 bits per heavy atom. The molecule has 0 saturated heterocycles. The molecule has 4 N–H and O–H groups in total. The Morgan fingerprint density at radius 1 is 0.812 bits per heavy atom. The monoisotopic (exact) mass is 464 g/mol. The van der Waals surface area contributed by atoms with E-state index < -0.39 is 35.8 Å². The van der Waals surface area contributed by atoms with E-state index in [1.54, 1.807) is 0 Å². The van der Waals surface area contributed by atoms with Gasteiger partial charge in [-0.15, -0.1) is 0 Å². The van der Waals surface area contributed by atoms with E-state index in [2.05, 4.69) is 10.6 Å². The van der Waals surface area contributed by atoms with Crippen LogP contribution in [0.4, 0.5) is 0 Å². The van der Waals surface area contributed by atoms with Crippen molar-refractivity contribution in [1.82, 2.24) is 10.6 Å². The highest BCUT2D eigenvalue weighted by atomic mass is 35.5. The summed E-state index contributed by atoms with van der Waals surface area (Å²) in [6.45, 7) is 2.39. The van der Waals surface area contributed by atoms with Gasteiger partial charge in [-0.2, -0.15) is 0 Å². The number of amides is 2. The maximum atomic E-state index is 11.6. The van der Waals surface area contributed by atoms with Crippen molar-refractivity contribution in [2.24, 2.45) is 0 Å². The van der Waals surface area contributed by atoms with Crippen LogP contribution in [-0.2, 0) is 19.2 Å². The Hall–Kier alpha value is -3.79. The molecule has 10 nitrogen and oxygen atoms in total. The van der Waals surface area contributed by atoms with Crippen molar-refractivity contribution in [2.75, 3.05) is 7.11 Å². The summed E-state index contributed by atoms with van der Waals surface area (Å²) in [6, 6.07) is 5.87. The van der Waals surface area contributed by atoms with Crippen molar-refractivity contribution >= 4 is 35.4 Å². The average molecular weight is 465 g/mol. The van der Waals surface area contributed by atoms with Crippen LogP contribution < -0.4 is 20.1 Å². The third-order valence-corrected chi connectivity index (χ3v) is 4.51. The van der Waals surface area contributed by atoms with Crippen LogP contribution in [0, 0.1) is 0 Å². The van der Waals surface area contributed by atoms with Gasteiger partial charge in [0.05, 0.1) is 12.1 Å². The van der Waals surface area contributed by atoms with Crippen LogP contribution in [0.1, 0.15) is 37.1 Å². The van der Waals surface area contributed by atoms with Crippen LogP contribution in [0.2, 0.25) is 5.02 Å². The molecule has 2 rings (SSSR count). The number of hydrogen-bond donors (Lipinski definition) is 4. The maximum absolute atomic E-state index is 11.6. The summed E-state index contributed by atoms with van der Waals surface area (Å²) in [7, 11) is 1.39. The molecule has 0 bridgehead atoms. The topological polar surface area (TPSA) is 151 Å². The highest BCUT2D eigenvalue weighted by molar-refractivity contribution is 6.32. The van der Waals surface area contributed by atoms with E-state index in [1.165, 1.54) is 57.4 Å². The van der Waals surface area contributed by atoms with Crippen molar-refractivity contribution in [3.05, 3.63) is 52.5 Å². The van der Waals surface area contributed by atoms with E-state index in [-0.39, 0.29) is 33.4 Å². The molecule has 0 heterocycles. The summed E-state index contributed by atoms with van der Waals surface area (Å²) in [5, 5.41) is 23.5. The summed E-state index contributed by atoms with van der Waals surface area (Å²) in [6.07, 6.45) is 0. The van der Waals surface area contributed by atoms with Crippen molar-refractivity contribution in [2.45, 2.75) is 25.9 Å². The predicted octanol–water partition coefficient (Wildman–Crippen LogP) is 2.66. The highest BCUT2D eigenvalue weighted by Crippen LogP contribution is 2.37. The molecule has 0 aliphatic carbocycles. The fourth-order valence-corrected chi connectivity index (χ4v) is 3.06. The SMILES string of the molecule is COc1ccc(C(NC(C)=O)C(=O)O)cc1Oc1ccc(C(NC(C)=O)C(=O)O)cc1Cl.